The van der Waals surface area contributed by atoms with Crippen molar-refractivity contribution in [3.05, 3.63) is 145 Å². The van der Waals surface area contributed by atoms with Gasteiger partial charge in [0.15, 0.2) is 5.43 Å². The highest BCUT2D eigenvalue weighted by Gasteiger charge is 2.30. The molecule has 2 aliphatic carbocycles. The summed E-state index contributed by atoms with van der Waals surface area (Å²) in [6.07, 6.45) is 0. The third-order valence-electron chi connectivity index (χ3n) is 9.99. The number of carboxylic acid groups (broad SMARTS) is 1. The highest BCUT2D eigenvalue weighted by Crippen LogP contribution is 2.47. The highest BCUT2D eigenvalue weighted by molar-refractivity contribution is 6.41. The molecule has 0 saturated carbocycles. The van der Waals surface area contributed by atoms with E-state index in [1.54, 1.807) is 18.2 Å². The molecule has 4 aliphatic rings. The van der Waals surface area contributed by atoms with Gasteiger partial charge in [0, 0.05) is 89.2 Å². The number of anilines is 1. The predicted molar refractivity (Wildman–Crippen MR) is 224 cm³/mol. The molecule has 0 saturated heterocycles. The van der Waals surface area contributed by atoms with Crippen LogP contribution in [0.1, 0.15) is 26.3 Å². The normalized spacial score (nSPS) is 11.4. The third-order valence-corrected chi connectivity index (χ3v) is 10.7. The number of nitrogens with zero attached hydrogens (tertiary/aromatic N) is 2. The summed E-state index contributed by atoms with van der Waals surface area (Å²) in [5.74, 6) is -1.02. The van der Waals surface area contributed by atoms with Gasteiger partial charge in [-0.25, -0.2) is 9.37 Å². The number of fused-ring (bicyclic) bond motifs is 4. The summed E-state index contributed by atoms with van der Waals surface area (Å²) < 4.78 is 14.4. The van der Waals surface area contributed by atoms with E-state index in [2.05, 4.69) is 5.32 Å². The van der Waals surface area contributed by atoms with Crippen molar-refractivity contribution in [2.24, 2.45) is 0 Å². The van der Waals surface area contributed by atoms with E-state index in [0.29, 0.717) is 44.8 Å². The molecule has 12 heteroatoms. The average Bonchev–Trinajstić information content (AvgIpc) is 3.18. The molecule has 4 aromatic rings. The molecule has 4 aromatic carbocycles. The summed E-state index contributed by atoms with van der Waals surface area (Å²) in [5, 5.41) is 25.6. The Morgan fingerprint density at radius 1 is 0.772 bits per heavy atom. The van der Waals surface area contributed by atoms with Gasteiger partial charge >= 0.3 is 5.97 Å². The lowest BCUT2D eigenvalue weighted by Crippen LogP contribution is -2.24. The molecule has 10 nitrogen and oxygen atoms in total. The number of aromatic carboxylic acids is 1. The van der Waals surface area contributed by atoms with Crippen molar-refractivity contribution in [3.63, 3.8) is 0 Å². The largest absolute Gasteiger partial charge is 0.508 e. The molecule has 57 heavy (non-hydrogen) atoms. The van der Waals surface area contributed by atoms with Crippen LogP contribution in [0.3, 0.4) is 0 Å². The maximum absolute atomic E-state index is 14.1. The Bertz CT molecular complexity index is 3040. The fourth-order valence-corrected chi connectivity index (χ4v) is 7.83. The molecule has 0 bridgehead atoms. The number of carboxylic acids is 1. The lowest BCUT2D eigenvalue weighted by molar-refractivity contribution is 0.0697. The molecule has 284 valence electrons. The molecule has 8 rings (SSSR count). The highest BCUT2D eigenvalue weighted by atomic mass is 35.5. The Morgan fingerprint density at radius 2 is 1.46 bits per heavy atom. The molecule has 0 radical (unpaired) electrons. The van der Waals surface area contributed by atoms with Crippen molar-refractivity contribution in [1.82, 2.24) is 9.89 Å². The van der Waals surface area contributed by atoms with Crippen LogP contribution in [-0.4, -0.2) is 50.3 Å². The number of aromatic hydroxyl groups is 1. The van der Waals surface area contributed by atoms with E-state index in [1.165, 1.54) is 24.3 Å². The van der Waals surface area contributed by atoms with Gasteiger partial charge in [0.1, 0.15) is 42.5 Å². The number of carbonyl (C=O) groups is 2. The van der Waals surface area contributed by atoms with E-state index in [1.807, 2.05) is 98.3 Å². The van der Waals surface area contributed by atoms with E-state index in [0.717, 1.165) is 33.1 Å². The number of rotatable bonds is 7. The van der Waals surface area contributed by atoms with E-state index in [4.69, 9.17) is 32.0 Å². The molecule has 0 aromatic heterocycles. The first-order chi connectivity index (χ1) is 27.3. The van der Waals surface area contributed by atoms with Gasteiger partial charge in [-0.05, 0) is 65.7 Å². The molecule has 0 fully saturated rings. The minimum absolute atomic E-state index is 0.00961. The first kappa shape index (κ1) is 37.3. The number of hydrogen-bond acceptors (Lipinski definition) is 7. The second-order valence-corrected chi connectivity index (χ2v) is 14.9. The molecular weight excluding hydrogens is 765 g/mol. The molecule has 0 spiro atoms. The van der Waals surface area contributed by atoms with Crippen LogP contribution in [0, 0.1) is 0 Å². The summed E-state index contributed by atoms with van der Waals surface area (Å²) in [6.45, 7) is 0.0753. The number of amides is 1. The minimum atomic E-state index is -1.31. The fraction of sp³-hybridized carbons (Fsp3) is 0.111. The van der Waals surface area contributed by atoms with Crippen molar-refractivity contribution >= 4 is 62.7 Å². The van der Waals surface area contributed by atoms with Crippen molar-refractivity contribution in [3.8, 4) is 50.7 Å². The van der Waals surface area contributed by atoms with Crippen LogP contribution in [0.2, 0.25) is 10.0 Å². The zero-order valence-electron chi connectivity index (χ0n) is 31.1. The molecule has 2 heterocycles. The van der Waals surface area contributed by atoms with Gasteiger partial charge in [-0.3, -0.25) is 9.59 Å². The van der Waals surface area contributed by atoms with Gasteiger partial charge in [0.05, 0.1) is 27.2 Å². The van der Waals surface area contributed by atoms with Crippen LogP contribution in [0.25, 0.3) is 66.8 Å². The van der Waals surface area contributed by atoms with Crippen molar-refractivity contribution in [2.75, 3.05) is 33.1 Å². The lowest BCUT2D eigenvalue weighted by atomic mass is 9.89. The number of phenolic OH excluding ortho intramolecular Hbond substituents is 1. The number of benzene rings is 6. The smallest absolute Gasteiger partial charge is 0.337 e. The maximum Gasteiger partial charge on any atom is 0.337 e. The summed E-state index contributed by atoms with van der Waals surface area (Å²) in [7, 11) is 7.62. The van der Waals surface area contributed by atoms with Crippen LogP contribution >= 0.6 is 23.2 Å². The second-order valence-electron chi connectivity index (χ2n) is 14.1. The predicted octanol–water partition coefficient (Wildman–Crippen LogP) is 8.82. The summed E-state index contributed by atoms with van der Waals surface area (Å²) in [5.41, 5.74) is 5.40. The monoisotopic (exact) mass is 798 g/mol. The van der Waals surface area contributed by atoms with Crippen LogP contribution in [-0.2, 0) is 6.54 Å². The van der Waals surface area contributed by atoms with Crippen LogP contribution < -0.4 is 25.6 Å². The zero-order chi connectivity index (χ0) is 40.3. The minimum Gasteiger partial charge on any atom is -0.508 e. The zero-order valence-corrected chi connectivity index (χ0v) is 32.6. The van der Waals surface area contributed by atoms with E-state index in [9.17, 15) is 24.6 Å². The Balaban J connectivity index is 1.23. The Hall–Kier alpha value is -6.62. The average molecular weight is 800 g/mol. The molecule has 0 unspecified atom stereocenters. The van der Waals surface area contributed by atoms with Crippen molar-refractivity contribution in [1.29, 1.82) is 0 Å². The number of phenols is 1. The van der Waals surface area contributed by atoms with E-state index in [-0.39, 0.29) is 44.5 Å². The van der Waals surface area contributed by atoms with Crippen molar-refractivity contribution in [2.45, 2.75) is 6.54 Å². The van der Waals surface area contributed by atoms with Gasteiger partial charge < -0.3 is 29.3 Å². The Kier molecular flexibility index (Phi) is 9.47. The molecule has 0 atom stereocenters. The van der Waals surface area contributed by atoms with Crippen LogP contribution in [0.15, 0.2) is 117 Å². The van der Waals surface area contributed by atoms with E-state index < -0.39 is 11.9 Å². The molecular formula is C45H34Cl2N3O7+. The molecule has 2 aliphatic heterocycles. The fourth-order valence-electron chi connectivity index (χ4n) is 7.21. The SMILES string of the molecule is CN(C)c1ccc2c(-c3c(Cl)c(C(=O)NCc4cccc(-c5c6ccc(=O)cc-6oc6cc(O)ccc56)c4)cc(Cl)c3C(=O)O)c3ccc(=[N+](C)C)cc-3oc2c1. The number of halogens is 2. The number of hydrogen-bond donors (Lipinski definition) is 3. The molecule has 1 amide bonds. The first-order valence-electron chi connectivity index (χ1n) is 17.8. The van der Waals surface area contributed by atoms with Gasteiger partial charge in [-0.15, -0.1) is 0 Å². The number of nitrogens with one attached hydrogen (secondary N) is 1. The van der Waals surface area contributed by atoms with E-state index >= 15 is 0 Å². The quantitative estimate of drug-likeness (QED) is 0.108. The summed E-state index contributed by atoms with van der Waals surface area (Å²) in [6, 6.07) is 29.4. The van der Waals surface area contributed by atoms with Gasteiger partial charge in [0.2, 0.25) is 5.36 Å². The topological polar surface area (TPSA) is 136 Å². The lowest BCUT2D eigenvalue weighted by Gasteiger charge is -2.21. The Morgan fingerprint density at radius 3 is 2.19 bits per heavy atom. The number of carbonyl (C=O) groups excluding carboxylic acids is 1. The summed E-state index contributed by atoms with van der Waals surface area (Å²) >= 11 is 13.9. The van der Waals surface area contributed by atoms with Crippen LogP contribution in [0.5, 0.6) is 5.75 Å². The van der Waals surface area contributed by atoms with Gasteiger partial charge in [-0.2, -0.15) is 0 Å². The standard InChI is InChI=1S/C45H33Cl2N3O7/c1-49(2)25-8-12-31-35(17-25)56-36-18-26(50(3)4)9-13-32(36)40(31)42-41(45(54)55)34(46)21-33(43(42)47)44(53)48-22-23-6-5-7-24(16-23)39-29-14-10-27(51)19-37(29)57-38-20-28(52)11-15-30(38)39/h5-21H,22H2,1-4H3,(H2-,48,51,52,53,54,55)/p+1. The molecule has 3 N–H and O–H groups in total. The maximum atomic E-state index is 14.1. The van der Waals surface area contributed by atoms with Gasteiger partial charge in [-0.1, -0.05) is 41.4 Å². The van der Waals surface area contributed by atoms with Gasteiger partial charge in [0.25, 0.3) is 5.91 Å². The van der Waals surface area contributed by atoms with Crippen molar-refractivity contribution < 1.29 is 28.6 Å². The first-order valence-corrected chi connectivity index (χ1v) is 18.6. The second kappa shape index (κ2) is 14.5. The summed E-state index contributed by atoms with van der Waals surface area (Å²) in [4.78, 5) is 41.2. The Labute approximate surface area is 335 Å². The van der Waals surface area contributed by atoms with Crippen LogP contribution in [0.4, 0.5) is 5.69 Å². The third kappa shape index (κ3) is 6.73.